The Balaban J connectivity index is 2.59. The lowest BCUT2D eigenvalue weighted by Crippen LogP contribution is -2.37. The zero-order valence-corrected chi connectivity index (χ0v) is 12.1. The van der Waals surface area contributed by atoms with Crippen LogP contribution in [-0.2, 0) is 6.54 Å². The fourth-order valence-electron chi connectivity index (χ4n) is 1.74. The van der Waals surface area contributed by atoms with Crippen LogP contribution in [0.15, 0.2) is 24.3 Å². The van der Waals surface area contributed by atoms with E-state index in [-0.39, 0.29) is 24.5 Å². The third kappa shape index (κ3) is 5.11. The maximum Gasteiger partial charge on any atom is 0.174 e. The summed E-state index contributed by atoms with van der Waals surface area (Å²) in [5.74, 6) is 0.730. The summed E-state index contributed by atoms with van der Waals surface area (Å²) in [6, 6.07) is 9.82. The van der Waals surface area contributed by atoms with E-state index in [4.69, 9.17) is 10.00 Å². The predicted octanol–water partition coefficient (Wildman–Crippen LogP) is 1.79. The van der Waals surface area contributed by atoms with E-state index in [0.717, 1.165) is 11.3 Å². The molecule has 19 heavy (non-hydrogen) atoms. The van der Waals surface area contributed by atoms with E-state index in [1.165, 1.54) is 0 Å². The summed E-state index contributed by atoms with van der Waals surface area (Å²) in [5, 5.41) is 21.3. The number of nitriles is 1. The van der Waals surface area contributed by atoms with Crippen molar-refractivity contribution >= 4 is 11.8 Å². The number of benzene rings is 1. The molecule has 1 aromatic carbocycles. The van der Waals surface area contributed by atoms with Crippen LogP contribution in [0.4, 0.5) is 0 Å². The molecule has 1 rings (SSSR count). The van der Waals surface area contributed by atoms with Crippen LogP contribution in [0.25, 0.3) is 0 Å². The van der Waals surface area contributed by atoms with Crippen LogP contribution < -0.4 is 10.1 Å². The van der Waals surface area contributed by atoms with Crippen LogP contribution in [0.1, 0.15) is 12.5 Å². The minimum absolute atomic E-state index is 0.0522. The highest BCUT2D eigenvalue weighted by molar-refractivity contribution is 7.99. The molecule has 2 unspecified atom stereocenters. The molecule has 0 aliphatic heterocycles. The largest absolute Gasteiger partial charge is 0.478 e. The molecular formula is C14H20N2O2S. The van der Waals surface area contributed by atoms with Crippen molar-refractivity contribution in [3.8, 4) is 11.8 Å². The van der Waals surface area contributed by atoms with Crippen molar-refractivity contribution < 1.29 is 9.84 Å². The van der Waals surface area contributed by atoms with Crippen molar-refractivity contribution in [2.75, 3.05) is 19.5 Å². The summed E-state index contributed by atoms with van der Waals surface area (Å²) in [6.07, 6.45) is 1.99. The molecule has 1 aromatic rings. The fraction of sp³-hybridized carbons (Fsp3) is 0.500. The van der Waals surface area contributed by atoms with E-state index >= 15 is 0 Å². The summed E-state index contributed by atoms with van der Waals surface area (Å²) in [5.41, 5.74) is 1.02. The lowest BCUT2D eigenvalue weighted by atomic mass is 10.1. The molecule has 104 valence electrons. The Kier molecular flexibility index (Phi) is 7.34. The van der Waals surface area contributed by atoms with Gasteiger partial charge < -0.3 is 15.2 Å². The van der Waals surface area contributed by atoms with Crippen LogP contribution in [-0.4, -0.2) is 35.9 Å². The summed E-state index contributed by atoms with van der Waals surface area (Å²) in [6.45, 7) is 2.91. The van der Waals surface area contributed by atoms with Gasteiger partial charge in [0.25, 0.3) is 0 Å². The quantitative estimate of drug-likeness (QED) is 0.760. The Morgan fingerprint density at radius 1 is 1.47 bits per heavy atom. The molecule has 5 heteroatoms. The molecule has 0 saturated heterocycles. The van der Waals surface area contributed by atoms with E-state index in [9.17, 15) is 5.11 Å². The van der Waals surface area contributed by atoms with Gasteiger partial charge in [0.1, 0.15) is 11.8 Å². The number of para-hydroxylation sites is 1. The number of thioether (sulfide) groups is 1. The monoisotopic (exact) mass is 280 g/mol. The Hall–Kier alpha value is -1.22. The Labute approximate surface area is 118 Å². The van der Waals surface area contributed by atoms with Gasteiger partial charge in [-0.15, -0.1) is 0 Å². The first-order valence-electron chi connectivity index (χ1n) is 6.17. The Bertz CT molecular complexity index is 416. The van der Waals surface area contributed by atoms with Crippen LogP contribution in [0.5, 0.6) is 5.75 Å². The van der Waals surface area contributed by atoms with E-state index in [1.54, 1.807) is 11.8 Å². The van der Waals surface area contributed by atoms with Gasteiger partial charge in [0, 0.05) is 23.4 Å². The zero-order chi connectivity index (χ0) is 14.1. The second-order valence-electron chi connectivity index (χ2n) is 4.18. The average Bonchev–Trinajstić information content (AvgIpc) is 2.45. The summed E-state index contributed by atoms with van der Waals surface area (Å²) < 4.78 is 5.38. The zero-order valence-electron chi connectivity index (χ0n) is 11.3. The van der Waals surface area contributed by atoms with E-state index in [2.05, 4.69) is 12.2 Å². The van der Waals surface area contributed by atoms with Gasteiger partial charge in [0.15, 0.2) is 6.61 Å². The van der Waals surface area contributed by atoms with Crippen LogP contribution in [0.2, 0.25) is 0 Å². The van der Waals surface area contributed by atoms with E-state index in [1.807, 2.05) is 36.6 Å². The van der Waals surface area contributed by atoms with Gasteiger partial charge in [-0.1, -0.05) is 18.2 Å². The molecule has 0 heterocycles. The normalized spacial score (nSPS) is 13.6. The minimum Gasteiger partial charge on any atom is -0.478 e. The topological polar surface area (TPSA) is 65.3 Å². The summed E-state index contributed by atoms with van der Waals surface area (Å²) in [7, 11) is 0. The van der Waals surface area contributed by atoms with Gasteiger partial charge >= 0.3 is 0 Å². The molecule has 2 atom stereocenters. The second kappa shape index (κ2) is 8.81. The summed E-state index contributed by atoms with van der Waals surface area (Å²) >= 11 is 1.64. The Morgan fingerprint density at radius 3 is 2.84 bits per heavy atom. The fourth-order valence-corrected chi connectivity index (χ4v) is 2.39. The van der Waals surface area contributed by atoms with Crippen molar-refractivity contribution in [1.29, 1.82) is 5.26 Å². The highest BCUT2D eigenvalue weighted by Crippen LogP contribution is 2.18. The van der Waals surface area contributed by atoms with Crippen LogP contribution in [0.3, 0.4) is 0 Å². The first kappa shape index (κ1) is 15.8. The number of ether oxygens (including phenoxy) is 1. The second-order valence-corrected chi connectivity index (χ2v) is 5.26. The average molecular weight is 280 g/mol. The highest BCUT2D eigenvalue weighted by Gasteiger charge is 2.15. The first-order valence-corrected chi connectivity index (χ1v) is 7.46. The third-order valence-electron chi connectivity index (χ3n) is 2.92. The number of hydrogen-bond acceptors (Lipinski definition) is 5. The van der Waals surface area contributed by atoms with Gasteiger partial charge in [-0.2, -0.15) is 17.0 Å². The number of aliphatic hydroxyl groups excluding tert-OH is 1. The van der Waals surface area contributed by atoms with Crippen molar-refractivity contribution in [3.63, 3.8) is 0 Å². The van der Waals surface area contributed by atoms with Crippen LogP contribution in [0, 0.1) is 11.3 Å². The standard InChI is InChI=1S/C14H20N2O2S/c1-11(14(10-17)19-2)16-9-12-5-3-4-6-13(12)18-8-7-15/h3-6,11,14,16-17H,8-10H2,1-2H3. The molecule has 0 radical (unpaired) electrons. The molecule has 0 aliphatic rings. The SMILES string of the molecule is CSC(CO)C(C)NCc1ccccc1OCC#N. The van der Waals surface area contributed by atoms with Gasteiger partial charge in [0.2, 0.25) is 0 Å². The number of nitrogens with one attached hydrogen (secondary N) is 1. The third-order valence-corrected chi connectivity index (χ3v) is 4.08. The van der Waals surface area contributed by atoms with Crippen molar-refractivity contribution in [1.82, 2.24) is 5.32 Å². The molecule has 2 N–H and O–H groups in total. The van der Waals surface area contributed by atoms with Gasteiger partial charge in [0.05, 0.1) is 6.61 Å². The first-order chi connectivity index (χ1) is 9.22. The van der Waals surface area contributed by atoms with Gasteiger partial charge in [-0.25, -0.2) is 0 Å². The number of rotatable bonds is 8. The molecular weight excluding hydrogens is 260 g/mol. The highest BCUT2D eigenvalue weighted by atomic mass is 32.2. The van der Waals surface area contributed by atoms with Crippen molar-refractivity contribution in [3.05, 3.63) is 29.8 Å². The number of nitrogens with zero attached hydrogens (tertiary/aromatic N) is 1. The number of hydrogen-bond donors (Lipinski definition) is 2. The van der Waals surface area contributed by atoms with Gasteiger partial charge in [-0.05, 0) is 19.2 Å². The van der Waals surface area contributed by atoms with Crippen molar-refractivity contribution in [2.24, 2.45) is 0 Å². The van der Waals surface area contributed by atoms with Crippen LogP contribution >= 0.6 is 11.8 Å². The maximum absolute atomic E-state index is 9.24. The molecule has 0 aromatic heterocycles. The lowest BCUT2D eigenvalue weighted by molar-refractivity contribution is 0.275. The molecule has 0 bridgehead atoms. The van der Waals surface area contributed by atoms with Gasteiger partial charge in [-0.3, -0.25) is 0 Å². The number of aliphatic hydroxyl groups is 1. The Morgan fingerprint density at radius 2 is 2.21 bits per heavy atom. The molecule has 0 amide bonds. The molecule has 0 fully saturated rings. The minimum atomic E-state index is 0.0522. The predicted molar refractivity (Wildman–Crippen MR) is 78.2 cm³/mol. The van der Waals surface area contributed by atoms with E-state index < -0.39 is 0 Å². The lowest BCUT2D eigenvalue weighted by Gasteiger charge is -2.22. The van der Waals surface area contributed by atoms with Crippen molar-refractivity contribution in [2.45, 2.75) is 24.8 Å². The maximum atomic E-state index is 9.24. The molecule has 0 spiro atoms. The molecule has 0 saturated carbocycles. The smallest absolute Gasteiger partial charge is 0.174 e. The molecule has 0 aliphatic carbocycles. The summed E-state index contributed by atoms with van der Waals surface area (Å²) in [4.78, 5) is 0. The van der Waals surface area contributed by atoms with E-state index in [0.29, 0.717) is 6.54 Å². The molecule has 4 nitrogen and oxygen atoms in total.